The van der Waals surface area contributed by atoms with E-state index in [0.717, 1.165) is 89.9 Å². The Kier molecular flexibility index (Phi) is 69.0. The number of carboxylic acids is 1. The Bertz CT molecular complexity index is 1820. The molecule has 0 saturated carbocycles. The number of aliphatic carboxylic acids is 1. The van der Waals surface area contributed by atoms with Crippen molar-refractivity contribution in [2.24, 2.45) is 0 Å². The zero-order chi connectivity index (χ0) is 66.1. The molecule has 0 aliphatic rings. The van der Waals surface area contributed by atoms with Crippen LogP contribution in [-0.2, 0) is 33.3 Å². The number of nitrogens with zero attached hydrogens (tertiary/aromatic N) is 1. The number of ether oxygens (including phenoxy) is 4. The van der Waals surface area contributed by atoms with Gasteiger partial charge in [0.15, 0.2) is 6.10 Å². The third kappa shape index (κ3) is 73.5. The number of rotatable bonds is 71. The lowest BCUT2D eigenvalue weighted by Gasteiger charge is -2.25. The van der Waals surface area contributed by atoms with E-state index < -0.39 is 18.4 Å². The van der Waals surface area contributed by atoms with Crippen molar-refractivity contribution in [1.82, 2.24) is 0 Å². The molecule has 1 N–H and O–H groups in total. The predicted octanol–water partition coefficient (Wildman–Crippen LogP) is 24.4. The third-order valence-electron chi connectivity index (χ3n) is 16.8. The number of carboxylic acid groups (broad SMARTS) is 1. The maximum atomic E-state index is 13.0. The molecule has 0 spiro atoms. The average molecular weight is 1270 g/mol. The second-order valence-electron chi connectivity index (χ2n) is 26.9. The van der Waals surface area contributed by atoms with Gasteiger partial charge in [-0.15, -0.1) is 0 Å². The second-order valence-corrected chi connectivity index (χ2v) is 26.9. The predicted molar refractivity (Wildman–Crippen MR) is 392 cm³/mol. The second kappa shape index (κ2) is 72.0. The minimum atomic E-state index is -1.51. The molecule has 0 heterocycles. The Morgan fingerprint density at radius 2 is 0.593 bits per heavy atom. The van der Waals surface area contributed by atoms with E-state index in [1.54, 1.807) is 0 Å². The lowest BCUT2D eigenvalue weighted by atomic mass is 10.0. The first-order chi connectivity index (χ1) is 44.6. The summed E-state index contributed by atoms with van der Waals surface area (Å²) >= 11 is 0. The number of carbonyl (C=O) groups excluding carboxylic acids is 2. The van der Waals surface area contributed by atoms with Crippen molar-refractivity contribution >= 4 is 17.9 Å². The molecule has 2 unspecified atom stereocenters. The van der Waals surface area contributed by atoms with Gasteiger partial charge < -0.3 is 28.5 Å². The molecule has 0 rings (SSSR count). The minimum Gasteiger partial charge on any atom is -0.477 e. The highest BCUT2D eigenvalue weighted by Gasteiger charge is 2.25. The van der Waals surface area contributed by atoms with Crippen LogP contribution in [-0.4, -0.2) is 87.4 Å². The standard InChI is InChI=1S/C82H145NO8/c1-6-8-10-12-14-16-18-20-22-24-26-28-30-32-33-34-35-36-37-38-39-40-41-42-43-44-45-46-47-49-51-53-55-57-59-61-63-65-67-69-71-73-80(85)91-78(77-90-82(81(86)87)88-75-74-83(3,4)5)76-89-79(84)72-70-68-66-64-62-60-58-56-54-52-50-48-31-29-27-25-23-21-19-17-15-13-11-9-7-2/h8-11,14-17,20-23,26-29,78,82H,6-7,12-13,18-19,24-25,30-77H2,1-5H3/p+1/b10-8-,11-9-,16-14-,17-15-,22-20-,23-21-,28-26-,29-27-. The lowest BCUT2D eigenvalue weighted by Crippen LogP contribution is -2.40. The van der Waals surface area contributed by atoms with Crippen LogP contribution in [0.5, 0.6) is 0 Å². The highest BCUT2D eigenvalue weighted by molar-refractivity contribution is 5.71. The molecule has 9 nitrogen and oxygen atoms in total. The highest BCUT2D eigenvalue weighted by Crippen LogP contribution is 2.19. The summed E-state index contributed by atoms with van der Waals surface area (Å²) in [6.45, 7) is 4.69. The molecule has 2 atom stereocenters. The molecule has 0 aromatic carbocycles. The summed E-state index contributed by atoms with van der Waals surface area (Å²) in [4.78, 5) is 37.7. The fraction of sp³-hybridized carbons (Fsp3) is 0.768. The summed E-state index contributed by atoms with van der Waals surface area (Å²) in [5.41, 5.74) is 0. The van der Waals surface area contributed by atoms with E-state index in [1.807, 2.05) is 21.1 Å². The maximum absolute atomic E-state index is 13.0. The van der Waals surface area contributed by atoms with Gasteiger partial charge in [-0.1, -0.05) is 342 Å². The molecule has 0 fully saturated rings. The van der Waals surface area contributed by atoms with Crippen molar-refractivity contribution in [2.75, 3.05) is 47.5 Å². The molecule has 526 valence electrons. The molecule has 0 amide bonds. The highest BCUT2D eigenvalue weighted by atomic mass is 16.7. The van der Waals surface area contributed by atoms with Gasteiger partial charge in [0.2, 0.25) is 0 Å². The van der Waals surface area contributed by atoms with Gasteiger partial charge in [0.25, 0.3) is 6.29 Å². The number of hydrogen-bond acceptors (Lipinski definition) is 7. The molecule has 91 heavy (non-hydrogen) atoms. The molecular formula is C82H146NO8+. The number of allylic oxidation sites excluding steroid dienone is 16. The van der Waals surface area contributed by atoms with E-state index >= 15 is 0 Å². The number of likely N-dealkylation sites (N-methyl/N-ethyl adjacent to an activating group) is 1. The largest absolute Gasteiger partial charge is 0.477 e. The Morgan fingerprint density at radius 1 is 0.330 bits per heavy atom. The van der Waals surface area contributed by atoms with Gasteiger partial charge in [0.1, 0.15) is 13.2 Å². The van der Waals surface area contributed by atoms with Crippen LogP contribution >= 0.6 is 0 Å². The number of unbranched alkanes of at least 4 members (excludes halogenated alkanes) is 40. The molecular weight excluding hydrogens is 1130 g/mol. The first-order valence-corrected chi connectivity index (χ1v) is 38.4. The smallest absolute Gasteiger partial charge is 0.361 e. The van der Waals surface area contributed by atoms with Crippen molar-refractivity contribution in [2.45, 2.75) is 360 Å². The van der Waals surface area contributed by atoms with E-state index in [0.29, 0.717) is 17.4 Å². The van der Waals surface area contributed by atoms with Crippen molar-refractivity contribution in [3.05, 3.63) is 97.2 Å². The number of carbonyl (C=O) groups is 3. The van der Waals surface area contributed by atoms with E-state index in [2.05, 4.69) is 111 Å². The lowest BCUT2D eigenvalue weighted by molar-refractivity contribution is -0.870. The SMILES string of the molecule is CC/C=C\C/C=C\C/C=C\C/C=C\CCCCCCCCCCCCCCCCCCCCCCCCCCCCCCC(=O)OC(COC(=O)CCCCCCCCCCCCCC/C=C\C/C=C\C/C=C\C/C=C\CC)COC(OCC[N+](C)(C)C)C(=O)O. The summed E-state index contributed by atoms with van der Waals surface area (Å²) in [7, 11) is 5.99. The van der Waals surface area contributed by atoms with Crippen LogP contribution in [0.1, 0.15) is 348 Å². The van der Waals surface area contributed by atoms with Gasteiger partial charge in [-0.05, 0) is 89.9 Å². The first-order valence-electron chi connectivity index (χ1n) is 38.4. The molecule has 0 aromatic rings. The van der Waals surface area contributed by atoms with Crippen molar-refractivity contribution in [1.29, 1.82) is 0 Å². The number of esters is 2. The zero-order valence-electron chi connectivity index (χ0n) is 60.2. The average Bonchev–Trinajstić information content (AvgIpc) is 3.53. The van der Waals surface area contributed by atoms with E-state index in [1.165, 1.54) is 231 Å². The quantitative estimate of drug-likeness (QED) is 0.0211. The zero-order valence-corrected chi connectivity index (χ0v) is 60.2. The Hall–Kier alpha value is -3.79. The third-order valence-corrected chi connectivity index (χ3v) is 16.8. The Morgan fingerprint density at radius 3 is 0.879 bits per heavy atom. The molecule has 9 heteroatoms. The number of hydrogen-bond donors (Lipinski definition) is 1. The summed E-state index contributed by atoms with van der Waals surface area (Å²) in [6, 6.07) is 0. The van der Waals surface area contributed by atoms with Crippen molar-refractivity contribution in [3.8, 4) is 0 Å². The van der Waals surface area contributed by atoms with Gasteiger partial charge in [0.05, 0.1) is 34.4 Å². The summed E-state index contributed by atoms with van der Waals surface area (Å²) in [6.07, 6.45) is 97.0. The van der Waals surface area contributed by atoms with Crippen LogP contribution in [0.2, 0.25) is 0 Å². The maximum Gasteiger partial charge on any atom is 0.361 e. The van der Waals surface area contributed by atoms with Crippen LogP contribution < -0.4 is 0 Å². The monoisotopic (exact) mass is 1270 g/mol. The Balaban J connectivity index is 3.97. The summed E-state index contributed by atoms with van der Waals surface area (Å²) in [5, 5.41) is 9.76. The number of quaternary nitrogens is 1. The topological polar surface area (TPSA) is 108 Å². The fourth-order valence-electron chi connectivity index (χ4n) is 11.1. The molecule has 0 aromatic heterocycles. The van der Waals surface area contributed by atoms with Crippen LogP contribution in [0, 0.1) is 0 Å². The van der Waals surface area contributed by atoms with Gasteiger partial charge in [-0.2, -0.15) is 0 Å². The van der Waals surface area contributed by atoms with Crippen molar-refractivity contribution < 1.29 is 42.9 Å². The van der Waals surface area contributed by atoms with Gasteiger partial charge >= 0.3 is 17.9 Å². The minimum absolute atomic E-state index is 0.182. The van der Waals surface area contributed by atoms with Crippen molar-refractivity contribution in [3.63, 3.8) is 0 Å². The van der Waals surface area contributed by atoms with Crippen LogP contribution in [0.3, 0.4) is 0 Å². The van der Waals surface area contributed by atoms with E-state index in [9.17, 15) is 19.5 Å². The van der Waals surface area contributed by atoms with Gasteiger partial charge in [0, 0.05) is 12.8 Å². The van der Waals surface area contributed by atoms with Gasteiger partial charge in [-0.3, -0.25) is 9.59 Å². The van der Waals surface area contributed by atoms with E-state index in [-0.39, 0.29) is 38.2 Å². The van der Waals surface area contributed by atoms with Crippen LogP contribution in [0.4, 0.5) is 0 Å². The molecule has 0 bridgehead atoms. The summed E-state index contributed by atoms with van der Waals surface area (Å²) in [5.74, 6) is -1.99. The summed E-state index contributed by atoms with van der Waals surface area (Å²) < 4.78 is 23.0. The first kappa shape index (κ1) is 87.2. The molecule has 0 saturated heterocycles. The van der Waals surface area contributed by atoms with Crippen LogP contribution in [0.25, 0.3) is 0 Å². The van der Waals surface area contributed by atoms with Gasteiger partial charge in [-0.25, -0.2) is 4.79 Å². The normalized spacial score (nSPS) is 13.2. The fourth-order valence-corrected chi connectivity index (χ4v) is 11.1. The van der Waals surface area contributed by atoms with Crippen LogP contribution in [0.15, 0.2) is 97.2 Å². The Labute approximate surface area is 562 Å². The molecule has 0 aliphatic carbocycles. The van der Waals surface area contributed by atoms with E-state index in [4.69, 9.17) is 18.9 Å². The molecule has 0 radical (unpaired) electrons. The molecule has 0 aliphatic heterocycles.